The van der Waals surface area contributed by atoms with Crippen LogP contribution in [0.2, 0.25) is 0 Å². The zero-order valence-electron chi connectivity index (χ0n) is 12.9. The van der Waals surface area contributed by atoms with Crippen LogP contribution in [0, 0.1) is 19.8 Å². The number of aryl methyl sites for hydroxylation is 1. The number of esters is 1. The van der Waals surface area contributed by atoms with Gasteiger partial charge in [0, 0.05) is 17.3 Å². The normalized spacial score (nSPS) is 19.3. The van der Waals surface area contributed by atoms with E-state index in [-0.39, 0.29) is 11.9 Å². The maximum atomic E-state index is 12.0. The van der Waals surface area contributed by atoms with Gasteiger partial charge in [-0.15, -0.1) is 0 Å². The Morgan fingerprint density at radius 1 is 1.41 bits per heavy atom. The van der Waals surface area contributed by atoms with E-state index in [4.69, 9.17) is 4.74 Å². The van der Waals surface area contributed by atoms with Crippen LogP contribution in [0.5, 0.6) is 0 Å². The predicted octanol–water partition coefficient (Wildman–Crippen LogP) is 2.09. The molecule has 2 N–H and O–H groups in total. The lowest BCUT2D eigenvalue weighted by Crippen LogP contribution is -2.13. The van der Waals surface area contributed by atoms with Gasteiger partial charge in [-0.1, -0.05) is 0 Å². The molecule has 0 aromatic carbocycles. The molecule has 1 aliphatic heterocycles. The molecule has 0 atom stereocenters. The first-order valence-corrected chi connectivity index (χ1v) is 7.49. The van der Waals surface area contributed by atoms with Crippen molar-refractivity contribution in [1.82, 2.24) is 10.4 Å². The molecule has 1 aliphatic carbocycles. The maximum Gasteiger partial charge on any atom is 0.340 e. The van der Waals surface area contributed by atoms with Crippen LogP contribution in [0.25, 0.3) is 6.08 Å². The van der Waals surface area contributed by atoms with Crippen LogP contribution in [0.1, 0.15) is 47.1 Å². The van der Waals surface area contributed by atoms with Gasteiger partial charge in [-0.05, 0) is 45.3 Å². The van der Waals surface area contributed by atoms with Crippen LogP contribution in [0.3, 0.4) is 0 Å². The topological polar surface area (TPSA) is 83.5 Å². The Labute approximate surface area is 128 Å². The molecule has 1 fully saturated rings. The molecule has 1 aromatic heterocycles. The monoisotopic (exact) mass is 301 g/mol. The van der Waals surface area contributed by atoms with E-state index in [0.29, 0.717) is 23.7 Å². The lowest BCUT2D eigenvalue weighted by atomic mass is 10.0. The van der Waals surface area contributed by atoms with E-state index in [9.17, 15) is 9.59 Å². The molecule has 0 bridgehead atoms. The third-order valence-corrected chi connectivity index (χ3v) is 4.01. The van der Waals surface area contributed by atoms with Gasteiger partial charge in [0.15, 0.2) is 0 Å². The van der Waals surface area contributed by atoms with Crippen molar-refractivity contribution < 1.29 is 14.3 Å². The molecule has 0 radical (unpaired) electrons. The number of aromatic nitrogens is 1. The number of rotatable bonds is 4. The first-order valence-electron chi connectivity index (χ1n) is 7.49. The number of ether oxygens (including phenoxy) is 1. The summed E-state index contributed by atoms with van der Waals surface area (Å²) in [6.07, 6.45) is 3.93. The summed E-state index contributed by atoms with van der Waals surface area (Å²) >= 11 is 0. The number of nitrogens with zero attached hydrogens (tertiary/aromatic N) is 1. The molecule has 6 heteroatoms. The molecule has 0 spiro atoms. The summed E-state index contributed by atoms with van der Waals surface area (Å²) in [4.78, 5) is 27.1. The van der Waals surface area contributed by atoms with Crippen molar-refractivity contribution in [2.24, 2.45) is 11.0 Å². The van der Waals surface area contributed by atoms with Crippen molar-refractivity contribution in [2.45, 2.75) is 33.6 Å². The Morgan fingerprint density at radius 2 is 2.14 bits per heavy atom. The number of hydrogen-bond donors (Lipinski definition) is 2. The molecule has 1 saturated carbocycles. The second kappa shape index (κ2) is 5.44. The average Bonchev–Trinajstić information content (AvgIpc) is 3.18. The van der Waals surface area contributed by atoms with Crippen LogP contribution < -0.4 is 5.43 Å². The number of hydrogen-bond acceptors (Lipinski definition) is 4. The Balaban J connectivity index is 1.97. The third-order valence-electron chi connectivity index (χ3n) is 4.01. The van der Waals surface area contributed by atoms with Crippen LogP contribution in [0.15, 0.2) is 10.7 Å². The molecule has 1 amide bonds. The quantitative estimate of drug-likeness (QED) is 0.660. The highest BCUT2D eigenvalue weighted by Crippen LogP contribution is 2.35. The van der Waals surface area contributed by atoms with E-state index >= 15 is 0 Å². The highest BCUT2D eigenvalue weighted by Gasteiger charge is 2.36. The predicted molar refractivity (Wildman–Crippen MR) is 82.5 cm³/mol. The van der Waals surface area contributed by atoms with Gasteiger partial charge in [-0.3, -0.25) is 4.79 Å². The Hall–Kier alpha value is -2.37. The van der Waals surface area contributed by atoms with Gasteiger partial charge < -0.3 is 9.72 Å². The number of nitrogens with one attached hydrogen (secondary N) is 2. The molecule has 2 aliphatic rings. The zero-order valence-corrected chi connectivity index (χ0v) is 12.9. The van der Waals surface area contributed by atoms with Crippen LogP contribution in [-0.4, -0.2) is 29.2 Å². The molecule has 22 heavy (non-hydrogen) atoms. The van der Waals surface area contributed by atoms with Gasteiger partial charge in [0.25, 0.3) is 5.91 Å². The number of carbonyl (C=O) groups is 2. The van der Waals surface area contributed by atoms with Crippen LogP contribution >= 0.6 is 0 Å². The summed E-state index contributed by atoms with van der Waals surface area (Å²) < 4.78 is 5.08. The van der Waals surface area contributed by atoms with Gasteiger partial charge in [0.2, 0.25) is 0 Å². The van der Waals surface area contributed by atoms with E-state index in [2.05, 4.69) is 15.5 Å². The van der Waals surface area contributed by atoms with Crippen LogP contribution in [0.4, 0.5) is 0 Å². The van der Waals surface area contributed by atoms with Gasteiger partial charge >= 0.3 is 5.97 Å². The largest absolute Gasteiger partial charge is 0.462 e. The van der Waals surface area contributed by atoms with Crippen molar-refractivity contribution in [3.63, 3.8) is 0 Å². The minimum atomic E-state index is -0.342. The van der Waals surface area contributed by atoms with Crippen molar-refractivity contribution in [2.75, 3.05) is 6.61 Å². The fourth-order valence-corrected chi connectivity index (χ4v) is 2.73. The van der Waals surface area contributed by atoms with E-state index in [1.807, 2.05) is 13.8 Å². The van der Waals surface area contributed by atoms with E-state index in [1.54, 1.807) is 13.0 Å². The van der Waals surface area contributed by atoms with Gasteiger partial charge in [0.05, 0.1) is 23.5 Å². The fourth-order valence-electron chi connectivity index (χ4n) is 2.73. The van der Waals surface area contributed by atoms with Gasteiger partial charge in [-0.2, -0.15) is 5.10 Å². The fraction of sp³-hybridized carbons (Fsp3) is 0.438. The first kappa shape index (κ1) is 14.6. The van der Waals surface area contributed by atoms with E-state index in [0.717, 1.165) is 35.5 Å². The third kappa shape index (κ3) is 2.45. The molecule has 6 nitrogen and oxygen atoms in total. The van der Waals surface area contributed by atoms with Crippen LogP contribution in [-0.2, 0) is 9.53 Å². The molecular weight excluding hydrogens is 282 g/mol. The number of amides is 1. The number of H-pyrrole nitrogens is 1. The van der Waals surface area contributed by atoms with Crippen molar-refractivity contribution in [3.05, 3.63) is 28.1 Å². The molecule has 2 heterocycles. The number of aromatic amines is 1. The maximum absolute atomic E-state index is 12.0. The summed E-state index contributed by atoms with van der Waals surface area (Å²) in [5.74, 6) is -0.150. The number of hydrazone groups is 1. The minimum absolute atomic E-state index is 0.189. The number of carbonyl (C=O) groups excluding carboxylic acids is 2. The summed E-state index contributed by atoms with van der Waals surface area (Å²) in [6, 6.07) is 0. The Bertz CT molecular complexity index is 708. The molecule has 0 saturated heterocycles. The summed E-state index contributed by atoms with van der Waals surface area (Å²) in [6.45, 7) is 5.79. The highest BCUT2D eigenvalue weighted by atomic mass is 16.5. The standard InChI is InChI=1S/C16H19N3O3/c1-4-22-16(21)13-8(2)12(17-9(13)3)7-11-14(10-5-6-10)18-19-15(11)20/h7,10,17H,4-6H2,1-3H3,(H,19,20)/b11-7+. The van der Waals surface area contributed by atoms with Gasteiger partial charge in [0.1, 0.15) is 0 Å². The van der Waals surface area contributed by atoms with Crippen molar-refractivity contribution in [3.8, 4) is 0 Å². The Morgan fingerprint density at radius 3 is 2.77 bits per heavy atom. The molecule has 116 valence electrons. The SMILES string of the molecule is CCOC(=O)c1c(C)[nH]c(/C=C2/C(=O)NN=C2C2CC2)c1C. The summed E-state index contributed by atoms with van der Waals surface area (Å²) in [7, 11) is 0. The zero-order chi connectivity index (χ0) is 15.9. The smallest absolute Gasteiger partial charge is 0.340 e. The van der Waals surface area contributed by atoms with Gasteiger partial charge in [-0.25, -0.2) is 10.2 Å². The minimum Gasteiger partial charge on any atom is -0.462 e. The highest BCUT2D eigenvalue weighted by molar-refractivity contribution is 6.28. The first-order chi connectivity index (χ1) is 10.5. The Kier molecular flexibility index (Phi) is 3.60. The molecule has 1 aromatic rings. The molecular formula is C16H19N3O3. The average molecular weight is 301 g/mol. The lowest BCUT2D eigenvalue weighted by Gasteiger charge is -2.02. The second-order valence-corrected chi connectivity index (χ2v) is 5.65. The van der Waals surface area contributed by atoms with Crippen molar-refractivity contribution >= 4 is 23.7 Å². The second-order valence-electron chi connectivity index (χ2n) is 5.65. The summed E-state index contributed by atoms with van der Waals surface area (Å²) in [5.41, 5.74) is 6.76. The summed E-state index contributed by atoms with van der Waals surface area (Å²) in [5, 5.41) is 4.12. The van der Waals surface area contributed by atoms with Crippen molar-refractivity contribution in [1.29, 1.82) is 0 Å². The molecule has 3 rings (SSSR count). The van der Waals surface area contributed by atoms with E-state index < -0.39 is 0 Å². The van der Waals surface area contributed by atoms with E-state index in [1.165, 1.54) is 0 Å². The molecule has 0 unspecified atom stereocenters. The lowest BCUT2D eigenvalue weighted by molar-refractivity contribution is -0.116.